The third-order valence-corrected chi connectivity index (χ3v) is 3.85. The highest BCUT2D eigenvalue weighted by Crippen LogP contribution is 2.41. The lowest BCUT2D eigenvalue weighted by molar-refractivity contribution is -0.119. The number of hydrogen-bond donors (Lipinski definition) is 1. The summed E-state index contributed by atoms with van der Waals surface area (Å²) in [5, 5.41) is 3.16. The van der Waals surface area contributed by atoms with Gasteiger partial charge >= 0.3 is 0 Å². The molecule has 1 heterocycles. The normalized spacial score (nSPS) is 18.4. The number of amides is 1. The van der Waals surface area contributed by atoms with Gasteiger partial charge in [0.2, 0.25) is 5.91 Å². The van der Waals surface area contributed by atoms with E-state index in [-0.39, 0.29) is 11.8 Å². The molecule has 0 fully saturated rings. The van der Waals surface area contributed by atoms with Gasteiger partial charge in [-0.15, -0.1) is 0 Å². The molecule has 0 aliphatic carbocycles. The maximum absolute atomic E-state index is 12.1. The fraction of sp³-hybridized carbons (Fsp3) is 0.533. The lowest BCUT2D eigenvalue weighted by Gasteiger charge is -2.33. The summed E-state index contributed by atoms with van der Waals surface area (Å²) < 4.78 is 5.36. The summed E-state index contributed by atoms with van der Waals surface area (Å²) in [7, 11) is 5.48. The van der Waals surface area contributed by atoms with Crippen LogP contribution in [0.25, 0.3) is 0 Å². The Hall–Kier alpha value is -1.55. The minimum Gasteiger partial charge on any atom is -0.497 e. The zero-order valence-corrected chi connectivity index (χ0v) is 12.1. The van der Waals surface area contributed by atoms with Crippen LogP contribution in [-0.4, -0.2) is 33.7 Å². The molecule has 19 heavy (non-hydrogen) atoms. The maximum Gasteiger partial charge on any atom is 0.227 e. The molecule has 0 saturated carbocycles. The van der Waals surface area contributed by atoms with Crippen molar-refractivity contribution in [2.24, 2.45) is 0 Å². The van der Waals surface area contributed by atoms with Crippen molar-refractivity contribution in [2.45, 2.75) is 25.7 Å². The van der Waals surface area contributed by atoms with Crippen LogP contribution in [0, 0.1) is 6.92 Å². The Bertz CT molecular complexity index is 485. The lowest BCUT2D eigenvalue weighted by Crippen LogP contribution is -2.34. The molecule has 1 aliphatic rings. The summed E-state index contributed by atoms with van der Waals surface area (Å²) in [5.74, 6) is 1.34. The van der Waals surface area contributed by atoms with Gasteiger partial charge in [0.05, 0.1) is 7.11 Å². The van der Waals surface area contributed by atoms with Crippen LogP contribution in [0.3, 0.4) is 0 Å². The van der Waals surface area contributed by atoms with Crippen LogP contribution >= 0.6 is 0 Å². The van der Waals surface area contributed by atoms with Crippen LogP contribution in [0.1, 0.15) is 29.9 Å². The molecule has 1 aliphatic heterocycles. The fourth-order valence-corrected chi connectivity index (χ4v) is 2.82. The molecular weight excluding hydrogens is 240 g/mol. The molecular formula is C15H22N2O2. The zero-order valence-electron chi connectivity index (χ0n) is 12.1. The zero-order chi connectivity index (χ0) is 14.0. The molecule has 1 aromatic carbocycles. The highest BCUT2D eigenvalue weighted by molar-refractivity contribution is 5.97. The molecule has 0 radical (unpaired) electrons. The standard InChI is InChI=1S/C15H22N2O2/c1-10-7-12(19-4)9-13-11(5-6-16-2)8-14(18)17(3)15(10)13/h7,9,11,16H,5-6,8H2,1-4H3. The van der Waals surface area contributed by atoms with Crippen molar-refractivity contribution in [2.75, 3.05) is 32.6 Å². The number of anilines is 1. The topological polar surface area (TPSA) is 41.6 Å². The van der Waals surface area contributed by atoms with Gasteiger partial charge in [-0.25, -0.2) is 0 Å². The largest absolute Gasteiger partial charge is 0.497 e. The third kappa shape index (κ3) is 2.59. The van der Waals surface area contributed by atoms with Crippen LogP contribution in [0.15, 0.2) is 12.1 Å². The summed E-state index contributed by atoms with van der Waals surface area (Å²) >= 11 is 0. The Kier molecular flexibility index (Phi) is 4.10. The number of hydrogen-bond acceptors (Lipinski definition) is 3. The van der Waals surface area contributed by atoms with Crippen molar-refractivity contribution in [1.29, 1.82) is 0 Å². The number of carbonyl (C=O) groups excluding carboxylic acids is 1. The van der Waals surface area contributed by atoms with E-state index in [1.807, 2.05) is 27.1 Å². The molecule has 104 valence electrons. The third-order valence-electron chi connectivity index (χ3n) is 3.85. The summed E-state index contributed by atoms with van der Waals surface area (Å²) in [4.78, 5) is 13.9. The van der Waals surface area contributed by atoms with Crippen molar-refractivity contribution in [3.8, 4) is 5.75 Å². The molecule has 2 rings (SSSR count). The van der Waals surface area contributed by atoms with E-state index in [9.17, 15) is 4.79 Å². The van der Waals surface area contributed by atoms with E-state index in [0.29, 0.717) is 6.42 Å². The molecule has 0 saturated heterocycles. The highest BCUT2D eigenvalue weighted by Gasteiger charge is 2.30. The molecule has 0 spiro atoms. The van der Waals surface area contributed by atoms with E-state index in [0.717, 1.165) is 30.0 Å². The van der Waals surface area contributed by atoms with E-state index in [1.165, 1.54) is 5.56 Å². The van der Waals surface area contributed by atoms with Crippen molar-refractivity contribution in [3.05, 3.63) is 23.3 Å². The van der Waals surface area contributed by atoms with Crippen molar-refractivity contribution < 1.29 is 9.53 Å². The molecule has 4 heteroatoms. The number of fused-ring (bicyclic) bond motifs is 1. The van der Waals surface area contributed by atoms with Gasteiger partial charge in [-0.05, 0) is 56.1 Å². The van der Waals surface area contributed by atoms with Crippen molar-refractivity contribution in [1.82, 2.24) is 5.32 Å². The second-order valence-corrected chi connectivity index (χ2v) is 5.13. The van der Waals surface area contributed by atoms with Gasteiger partial charge in [0.1, 0.15) is 5.75 Å². The van der Waals surface area contributed by atoms with Gasteiger partial charge in [0.15, 0.2) is 0 Å². The number of nitrogens with zero attached hydrogens (tertiary/aromatic N) is 1. The molecule has 1 amide bonds. The Morgan fingerprint density at radius 3 is 2.84 bits per heavy atom. The first kappa shape index (κ1) is 13.9. The number of aryl methyl sites for hydroxylation is 1. The van der Waals surface area contributed by atoms with Gasteiger partial charge in [0.25, 0.3) is 0 Å². The summed E-state index contributed by atoms with van der Waals surface area (Å²) in [6, 6.07) is 4.06. The quantitative estimate of drug-likeness (QED) is 0.903. The number of rotatable bonds is 4. The monoisotopic (exact) mass is 262 g/mol. The average Bonchev–Trinajstić information content (AvgIpc) is 2.40. The first-order valence-corrected chi connectivity index (χ1v) is 6.68. The van der Waals surface area contributed by atoms with Gasteiger partial charge in [-0.2, -0.15) is 0 Å². The molecule has 1 unspecified atom stereocenters. The maximum atomic E-state index is 12.1. The minimum atomic E-state index is 0.196. The molecule has 4 nitrogen and oxygen atoms in total. The van der Waals surface area contributed by atoms with Gasteiger partial charge < -0.3 is 15.0 Å². The number of benzene rings is 1. The first-order valence-electron chi connectivity index (χ1n) is 6.68. The van der Waals surface area contributed by atoms with Crippen molar-refractivity contribution in [3.63, 3.8) is 0 Å². The first-order chi connectivity index (χ1) is 9.08. The fourth-order valence-electron chi connectivity index (χ4n) is 2.82. The van der Waals surface area contributed by atoms with Crippen LogP contribution < -0.4 is 15.0 Å². The Balaban J connectivity index is 2.46. The van der Waals surface area contributed by atoms with E-state index in [4.69, 9.17) is 4.74 Å². The Morgan fingerprint density at radius 1 is 1.47 bits per heavy atom. The molecule has 0 aromatic heterocycles. The van der Waals surface area contributed by atoms with Crippen molar-refractivity contribution >= 4 is 11.6 Å². The predicted molar refractivity (Wildman–Crippen MR) is 77.0 cm³/mol. The van der Waals surface area contributed by atoms with E-state index in [2.05, 4.69) is 11.4 Å². The van der Waals surface area contributed by atoms with Gasteiger partial charge in [0, 0.05) is 19.2 Å². The highest BCUT2D eigenvalue weighted by atomic mass is 16.5. The van der Waals surface area contributed by atoms with Crippen LogP contribution in [0.4, 0.5) is 5.69 Å². The molecule has 1 aromatic rings. The second-order valence-electron chi connectivity index (χ2n) is 5.13. The van der Waals surface area contributed by atoms with Gasteiger partial charge in [-0.1, -0.05) is 0 Å². The average molecular weight is 262 g/mol. The second kappa shape index (κ2) is 5.61. The Morgan fingerprint density at radius 2 is 2.21 bits per heavy atom. The molecule has 1 atom stereocenters. The predicted octanol–water partition coefficient (Wildman–Crippen LogP) is 2.06. The van der Waals surface area contributed by atoms with E-state index in [1.54, 1.807) is 12.0 Å². The summed E-state index contributed by atoms with van der Waals surface area (Å²) in [6.07, 6.45) is 1.55. The minimum absolute atomic E-state index is 0.196. The summed E-state index contributed by atoms with van der Waals surface area (Å²) in [5.41, 5.74) is 3.38. The smallest absolute Gasteiger partial charge is 0.227 e. The van der Waals surface area contributed by atoms with Crippen LogP contribution in [-0.2, 0) is 4.79 Å². The number of methoxy groups -OCH3 is 1. The number of ether oxygens (including phenoxy) is 1. The van der Waals surface area contributed by atoms with E-state index >= 15 is 0 Å². The van der Waals surface area contributed by atoms with E-state index < -0.39 is 0 Å². The lowest BCUT2D eigenvalue weighted by atomic mass is 9.85. The van der Waals surface area contributed by atoms with Gasteiger partial charge in [-0.3, -0.25) is 4.79 Å². The SMILES string of the molecule is CNCCC1CC(=O)N(C)c2c(C)cc(OC)cc21. The summed E-state index contributed by atoms with van der Waals surface area (Å²) in [6.45, 7) is 2.95. The van der Waals surface area contributed by atoms with Crippen LogP contribution in [0.2, 0.25) is 0 Å². The number of nitrogens with one attached hydrogen (secondary N) is 1. The Labute approximate surface area is 114 Å². The van der Waals surface area contributed by atoms with Crippen LogP contribution in [0.5, 0.6) is 5.75 Å². The molecule has 0 bridgehead atoms. The number of carbonyl (C=O) groups is 1. The molecule has 1 N–H and O–H groups in total.